The number of hydrogen-bond acceptors (Lipinski definition) is 2. The van der Waals surface area contributed by atoms with Crippen molar-refractivity contribution in [2.45, 2.75) is 38.3 Å². The quantitative estimate of drug-likeness (QED) is 0.857. The third kappa shape index (κ3) is 3.44. The molecule has 0 radical (unpaired) electrons. The van der Waals surface area contributed by atoms with Crippen molar-refractivity contribution in [1.29, 1.82) is 0 Å². The summed E-state index contributed by atoms with van der Waals surface area (Å²) in [5.41, 5.74) is 0.330. The average molecular weight is 274 g/mol. The normalized spacial score (nSPS) is 16.3. The van der Waals surface area contributed by atoms with Crippen LogP contribution in [-0.4, -0.2) is 25.8 Å². The van der Waals surface area contributed by atoms with Crippen LogP contribution in [0.5, 0.6) is 0 Å². The van der Waals surface area contributed by atoms with Crippen LogP contribution >= 0.6 is 11.6 Å². The first-order valence-corrected chi connectivity index (χ1v) is 6.51. The zero-order chi connectivity index (χ0) is 13.8. The van der Waals surface area contributed by atoms with Crippen molar-refractivity contribution in [2.75, 3.05) is 14.2 Å². The molecule has 1 aromatic carbocycles. The minimum absolute atomic E-state index is 0.0446. The van der Waals surface area contributed by atoms with Gasteiger partial charge in [-0.2, -0.15) is 0 Å². The zero-order valence-corrected chi connectivity index (χ0v) is 12.1. The maximum absolute atomic E-state index is 13.8. The standard InChI is InChI=1S/C14H21ClFNO/c1-5-14(2,18-4)13(17-3)8-10-6-7-11(15)9-12(10)16/h6-7,9,13,17H,5,8H2,1-4H3. The maximum atomic E-state index is 13.8. The van der Waals surface area contributed by atoms with E-state index in [9.17, 15) is 4.39 Å². The Bertz CT molecular complexity index is 393. The molecule has 2 nitrogen and oxygen atoms in total. The van der Waals surface area contributed by atoms with E-state index in [1.807, 2.05) is 14.0 Å². The number of likely N-dealkylation sites (N-methyl/N-ethyl adjacent to an activating group) is 1. The van der Waals surface area contributed by atoms with Gasteiger partial charge in [0.1, 0.15) is 5.82 Å². The van der Waals surface area contributed by atoms with Gasteiger partial charge in [-0.3, -0.25) is 0 Å². The molecular weight excluding hydrogens is 253 g/mol. The highest BCUT2D eigenvalue weighted by Crippen LogP contribution is 2.24. The monoisotopic (exact) mass is 273 g/mol. The van der Waals surface area contributed by atoms with Gasteiger partial charge in [-0.05, 0) is 44.5 Å². The smallest absolute Gasteiger partial charge is 0.127 e. The molecule has 102 valence electrons. The van der Waals surface area contributed by atoms with Crippen LogP contribution in [0, 0.1) is 5.82 Å². The highest BCUT2D eigenvalue weighted by atomic mass is 35.5. The Hall–Kier alpha value is -0.640. The van der Waals surface area contributed by atoms with Crippen molar-refractivity contribution in [3.63, 3.8) is 0 Å². The number of methoxy groups -OCH3 is 1. The summed E-state index contributed by atoms with van der Waals surface area (Å²) in [5, 5.41) is 3.63. The van der Waals surface area contributed by atoms with Gasteiger partial charge in [-0.1, -0.05) is 24.6 Å². The number of nitrogens with one attached hydrogen (secondary N) is 1. The molecule has 0 spiro atoms. The molecule has 0 heterocycles. The number of rotatable bonds is 6. The van der Waals surface area contributed by atoms with Gasteiger partial charge in [0.2, 0.25) is 0 Å². The lowest BCUT2D eigenvalue weighted by Crippen LogP contribution is -2.49. The van der Waals surface area contributed by atoms with Gasteiger partial charge in [0.05, 0.1) is 5.60 Å². The van der Waals surface area contributed by atoms with Gasteiger partial charge in [0, 0.05) is 18.2 Å². The third-order valence-corrected chi connectivity index (χ3v) is 3.93. The van der Waals surface area contributed by atoms with E-state index >= 15 is 0 Å². The number of ether oxygens (including phenoxy) is 1. The molecule has 2 unspecified atom stereocenters. The van der Waals surface area contributed by atoms with Gasteiger partial charge >= 0.3 is 0 Å². The summed E-state index contributed by atoms with van der Waals surface area (Å²) in [5.74, 6) is -0.266. The molecule has 1 aromatic rings. The first-order chi connectivity index (χ1) is 8.46. The average Bonchev–Trinajstić information content (AvgIpc) is 2.37. The molecule has 0 aliphatic rings. The van der Waals surface area contributed by atoms with Crippen molar-refractivity contribution in [3.8, 4) is 0 Å². The lowest BCUT2D eigenvalue weighted by atomic mass is 9.88. The topological polar surface area (TPSA) is 21.3 Å². The van der Waals surface area contributed by atoms with Crippen molar-refractivity contribution in [3.05, 3.63) is 34.6 Å². The summed E-state index contributed by atoms with van der Waals surface area (Å²) in [6, 6.07) is 4.83. The fraction of sp³-hybridized carbons (Fsp3) is 0.571. The van der Waals surface area contributed by atoms with Crippen LogP contribution in [-0.2, 0) is 11.2 Å². The van der Waals surface area contributed by atoms with Crippen LogP contribution in [0.2, 0.25) is 5.02 Å². The lowest BCUT2D eigenvalue weighted by Gasteiger charge is -2.35. The van der Waals surface area contributed by atoms with Crippen molar-refractivity contribution in [1.82, 2.24) is 5.32 Å². The molecule has 1 N–H and O–H groups in total. The minimum Gasteiger partial charge on any atom is -0.377 e. The fourth-order valence-electron chi connectivity index (χ4n) is 2.06. The number of hydrogen-bond donors (Lipinski definition) is 1. The Labute approximate surface area is 113 Å². The molecule has 4 heteroatoms. The van der Waals surface area contributed by atoms with E-state index in [1.54, 1.807) is 19.2 Å². The van der Waals surface area contributed by atoms with Gasteiger partial charge < -0.3 is 10.1 Å². The molecule has 0 aliphatic carbocycles. The van der Waals surface area contributed by atoms with Gasteiger partial charge in [-0.15, -0.1) is 0 Å². The molecule has 0 saturated carbocycles. The molecule has 2 atom stereocenters. The van der Waals surface area contributed by atoms with E-state index in [1.165, 1.54) is 6.07 Å². The lowest BCUT2D eigenvalue weighted by molar-refractivity contribution is -0.0270. The molecule has 0 amide bonds. The Balaban J connectivity index is 2.92. The second kappa shape index (κ2) is 6.50. The Morgan fingerprint density at radius 2 is 2.17 bits per heavy atom. The second-order valence-electron chi connectivity index (χ2n) is 4.65. The van der Waals surface area contributed by atoms with Crippen LogP contribution in [0.15, 0.2) is 18.2 Å². The Morgan fingerprint density at radius 1 is 1.50 bits per heavy atom. The van der Waals surface area contributed by atoms with Crippen LogP contribution in [0.4, 0.5) is 4.39 Å². The molecule has 0 bridgehead atoms. The highest BCUT2D eigenvalue weighted by Gasteiger charge is 2.32. The number of benzene rings is 1. The Kier molecular flexibility index (Phi) is 5.57. The zero-order valence-electron chi connectivity index (χ0n) is 11.4. The van der Waals surface area contributed by atoms with Gasteiger partial charge in [0.25, 0.3) is 0 Å². The van der Waals surface area contributed by atoms with E-state index < -0.39 is 0 Å². The van der Waals surface area contributed by atoms with E-state index in [4.69, 9.17) is 16.3 Å². The van der Waals surface area contributed by atoms with Crippen molar-refractivity contribution in [2.24, 2.45) is 0 Å². The number of halogens is 2. The van der Waals surface area contributed by atoms with Crippen molar-refractivity contribution >= 4 is 11.6 Å². The second-order valence-corrected chi connectivity index (χ2v) is 5.09. The summed E-state index contributed by atoms with van der Waals surface area (Å²) in [6.07, 6.45) is 1.42. The van der Waals surface area contributed by atoms with Gasteiger partial charge in [0.15, 0.2) is 0 Å². The van der Waals surface area contributed by atoms with E-state index in [2.05, 4.69) is 12.2 Å². The summed E-state index contributed by atoms with van der Waals surface area (Å²) >= 11 is 5.75. The summed E-state index contributed by atoms with van der Waals surface area (Å²) < 4.78 is 19.4. The molecule has 0 aromatic heterocycles. The largest absolute Gasteiger partial charge is 0.377 e. The Morgan fingerprint density at radius 3 is 2.61 bits per heavy atom. The van der Waals surface area contributed by atoms with Crippen LogP contribution in [0.25, 0.3) is 0 Å². The van der Waals surface area contributed by atoms with Gasteiger partial charge in [-0.25, -0.2) is 4.39 Å². The summed E-state index contributed by atoms with van der Waals surface area (Å²) in [7, 11) is 3.55. The van der Waals surface area contributed by atoms with E-state index in [0.717, 1.165) is 6.42 Å². The summed E-state index contributed by atoms with van der Waals surface area (Å²) in [4.78, 5) is 0. The fourth-order valence-corrected chi connectivity index (χ4v) is 2.22. The molecule has 18 heavy (non-hydrogen) atoms. The van der Waals surface area contributed by atoms with Crippen molar-refractivity contribution < 1.29 is 9.13 Å². The maximum Gasteiger partial charge on any atom is 0.127 e. The van der Waals surface area contributed by atoms with Crippen LogP contribution in [0.1, 0.15) is 25.8 Å². The first kappa shape index (κ1) is 15.4. The van der Waals surface area contributed by atoms with Crippen LogP contribution < -0.4 is 5.32 Å². The van der Waals surface area contributed by atoms with E-state index in [0.29, 0.717) is 17.0 Å². The third-order valence-electron chi connectivity index (χ3n) is 3.69. The van der Waals surface area contributed by atoms with Crippen LogP contribution in [0.3, 0.4) is 0 Å². The summed E-state index contributed by atoms with van der Waals surface area (Å²) in [6.45, 7) is 4.09. The first-order valence-electron chi connectivity index (χ1n) is 6.13. The molecule has 1 rings (SSSR count). The molecule has 0 saturated heterocycles. The highest BCUT2D eigenvalue weighted by molar-refractivity contribution is 6.30. The molecule has 0 fully saturated rings. The predicted molar refractivity (Wildman–Crippen MR) is 73.7 cm³/mol. The molecule has 0 aliphatic heterocycles. The predicted octanol–water partition coefficient (Wildman–Crippen LogP) is 3.42. The molecular formula is C14H21ClFNO. The minimum atomic E-state index is -0.319. The van der Waals surface area contributed by atoms with E-state index in [-0.39, 0.29) is 17.5 Å². The SMILES string of the molecule is CCC(C)(OC)C(Cc1ccc(Cl)cc1F)NC.